The van der Waals surface area contributed by atoms with Crippen molar-refractivity contribution < 1.29 is 4.79 Å². The first-order chi connectivity index (χ1) is 6.16. The Morgan fingerprint density at radius 3 is 2.77 bits per heavy atom. The summed E-state index contributed by atoms with van der Waals surface area (Å²) < 4.78 is 0.938. The minimum Gasteiger partial charge on any atom is -0.294 e. The van der Waals surface area contributed by atoms with E-state index in [0.717, 1.165) is 22.0 Å². The zero-order chi connectivity index (χ0) is 9.84. The molecule has 1 nitrogen and oxygen atoms in total. The van der Waals surface area contributed by atoms with Crippen molar-refractivity contribution in [2.75, 3.05) is 0 Å². The maximum atomic E-state index is 11.6. The van der Waals surface area contributed by atoms with Crippen LogP contribution in [0.5, 0.6) is 0 Å². The molecule has 1 aromatic rings. The molecule has 0 N–H and O–H groups in total. The number of rotatable bonds is 3. The quantitative estimate of drug-likeness (QED) is 0.736. The van der Waals surface area contributed by atoms with Crippen LogP contribution in [0.1, 0.15) is 35.7 Å². The Morgan fingerprint density at radius 2 is 2.15 bits per heavy atom. The average Bonchev–Trinajstić information content (AvgIpc) is 2.10. The van der Waals surface area contributed by atoms with Crippen LogP contribution in [-0.4, -0.2) is 5.78 Å². The third-order valence-electron chi connectivity index (χ3n) is 1.97. The number of carbonyl (C=O) groups excluding carboxylic acids is 1. The van der Waals surface area contributed by atoms with Crippen molar-refractivity contribution in [3.8, 4) is 0 Å². The number of Topliss-reactive ketones (excluding diaryl/α,β-unsaturated/α-hetero) is 1. The highest BCUT2D eigenvalue weighted by Gasteiger charge is 2.09. The topological polar surface area (TPSA) is 17.1 Å². The lowest BCUT2D eigenvalue weighted by Gasteiger charge is -2.04. The fourth-order valence-electron chi connectivity index (χ4n) is 1.22. The average molecular weight is 241 g/mol. The molecule has 0 aliphatic rings. The second kappa shape index (κ2) is 4.56. The second-order valence-electron chi connectivity index (χ2n) is 3.11. The summed E-state index contributed by atoms with van der Waals surface area (Å²) in [7, 11) is 0. The summed E-state index contributed by atoms with van der Waals surface area (Å²) in [5.74, 6) is 0.220. The molecule has 0 fully saturated rings. The molecule has 0 aliphatic heterocycles. The van der Waals surface area contributed by atoms with Crippen LogP contribution < -0.4 is 0 Å². The van der Waals surface area contributed by atoms with E-state index in [0.29, 0.717) is 6.42 Å². The molecule has 13 heavy (non-hydrogen) atoms. The summed E-state index contributed by atoms with van der Waals surface area (Å²) in [6.45, 7) is 4.01. The van der Waals surface area contributed by atoms with Crippen molar-refractivity contribution in [2.45, 2.75) is 26.7 Å². The largest absolute Gasteiger partial charge is 0.294 e. The summed E-state index contributed by atoms with van der Waals surface area (Å²) >= 11 is 3.43. The maximum Gasteiger partial charge on any atom is 0.164 e. The highest BCUT2D eigenvalue weighted by Crippen LogP contribution is 2.22. The molecule has 0 atom stereocenters. The van der Waals surface area contributed by atoms with Crippen LogP contribution in [0, 0.1) is 6.92 Å². The van der Waals surface area contributed by atoms with E-state index in [4.69, 9.17) is 0 Å². The van der Waals surface area contributed by atoms with Crippen LogP contribution in [-0.2, 0) is 0 Å². The number of halogens is 1. The minimum atomic E-state index is 0.220. The van der Waals surface area contributed by atoms with Gasteiger partial charge in [-0.3, -0.25) is 4.79 Å². The Labute approximate surface area is 87.3 Å². The van der Waals surface area contributed by atoms with E-state index in [-0.39, 0.29) is 5.78 Å². The van der Waals surface area contributed by atoms with Crippen LogP contribution in [0.4, 0.5) is 0 Å². The van der Waals surface area contributed by atoms with Gasteiger partial charge in [-0.2, -0.15) is 0 Å². The first-order valence-corrected chi connectivity index (χ1v) is 5.24. The number of hydrogen-bond donors (Lipinski definition) is 0. The van der Waals surface area contributed by atoms with Gasteiger partial charge in [0, 0.05) is 16.5 Å². The molecule has 0 heterocycles. The van der Waals surface area contributed by atoms with Gasteiger partial charge in [-0.05, 0) is 34.8 Å². The van der Waals surface area contributed by atoms with Gasteiger partial charge in [0.05, 0.1) is 0 Å². The Bertz CT molecular complexity index is 318. The van der Waals surface area contributed by atoms with Gasteiger partial charge in [-0.25, -0.2) is 0 Å². The van der Waals surface area contributed by atoms with E-state index in [1.54, 1.807) is 0 Å². The van der Waals surface area contributed by atoms with Gasteiger partial charge in [0.25, 0.3) is 0 Å². The summed E-state index contributed by atoms with van der Waals surface area (Å²) in [5.41, 5.74) is 1.92. The van der Waals surface area contributed by atoms with Gasteiger partial charge in [0.2, 0.25) is 0 Å². The lowest BCUT2D eigenvalue weighted by Crippen LogP contribution is -1.99. The monoisotopic (exact) mass is 240 g/mol. The highest BCUT2D eigenvalue weighted by atomic mass is 79.9. The molecule has 2 heteroatoms. The highest BCUT2D eigenvalue weighted by molar-refractivity contribution is 9.10. The second-order valence-corrected chi connectivity index (χ2v) is 3.90. The van der Waals surface area contributed by atoms with E-state index in [1.807, 2.05) is 32.0 Å². The van der Waals surface area contributed by atoms with Crippen molar-refractivity contribution in [3.05, 3.63) is 33.8 Å². The van der Waals surface area contributed by atoms with Gasteiger partial charge in [0.15, 0.2) is 5.78 Å². The summed E-state index contributed by atoms with van der Waals surface area (Å²) in [6.07, 6.45) is 1.53. The molecule has 1 rings (SSSR count). The fourth-order valence-corrected chi connectivity index (χ4v) is 1.71. The number of ketones is 1. The molecule has 0 aromatic heterocycles. The van der Waals surface area contributed by atoms with E-state index < -0.39 is 0 Å². The molecule has 1 aromatic carbocycles. The van der Waals surface area contributed by atoms with Crippen molar-refractivity contribution in [2.24, 2.45) is 0 Å². The number of carbonyl (C=O) groups is 1. The third-order valence-corrected chi connectivity index (χ3v) is 3.02. The maximum absolute atomic E-state index is 11.6. The standard InChI is InChI=1S/C11H13BrO/c1-3-5-10(13)9-7-4-6-8(2)11(9)12/h4,6-7H,3,5H2,1-2H3. The number of hydrogen-bond acceptors (Lipinski definition) is 1. The molecule has 70 valence electrons. The lowest BCUT2D eigenvalue weighted by molar-refractivity contribution is 0.0981. The van der Waals surface area contributed by atoms with Crippen LogP contribution in [0.2, 0.25) is 0 Å². The normalized spacial score (nSPS) is 10.1. The van der Waals surface area contributed by atoms with Gasteiger partial charge < -0.3 is 0 Å². The van der Waals surface area contributed by atoms with Crippen LogP contribution >= 0.6 is 15.9 Å². The van der Waals surface area contributed by atoms with Crippen molar-refractivity contribution in [1.29, 1.82) is 0 Å². The molecule has 0 spiro atoms. The predicted octanol–water partition coefficient (Wildman–Crippen LogP) is 3.74. The van der Waals surface area contributed by atoms with Gasteiger partial charge in [-0.15, -0.1) is 0 Å². The number of benzene rings is 1. The zero-order valence-corrected chi connectivity index (χ0v) is 9.52. The van der Waals surface area contributed by atoms with E-state index in [2.05, 4.69) is 15.9 Å². The third kappa shape index (κ3) is 2.41. The smallest absolute Gasteiger partial charge is 0.164 e. The summed E-state index contributed by atoms with van der Waals surface area (Å²) in [4.78, 5) is 11.6. The van der Waals surface area contributed by atoms with Crippen LogP contribution in [0.15, 0.2) is 22.7 Å². The Balaban J connectivity index is 3.01. The predicted molar refractivity (Wildman–Crippen MR) is 58.1 cm³/mol. The van der Waals surface area contributed by atoms with Crippen molar-refractivity contribution in [1.82, 2.24) is 0 Å². The fraction of sp³-hybridized carbons (Fsp3) is 0.364. The summed E-state index contributed by atoms with van der Waals surface area (Å²) in [6, 6.07) is 5.78. The van der Waals surface area contributed by atoms with Gasteiger partial charge >= 0.3 is 0 Å². The Kier molecular flexibility index (Phi) is 3.67. The molecule has 0 radical (unpaired) electrons. The van der Waals surface area contributed by atoms with E-state index in [1.165, 1.54) is 0 Å². The molecule has 0 aliphatic carbocycles. The van der Waals surface area contributed by atoms with Crippen LogP contribution in [0.25, 0.3) is 0 Å². The molecule has 0 amide bonds. The molecule has 0 unspecified atom stereocenters. The van der Waals surface area contributed by atoms with Gasteiger partial charge in [0.1, 0.15) is 0 Å². The minimum absolute atomic E-state index is 0.220. The van der Waals surface area contributed by atoms with Gasteiger partial charge in [-0.1, -0.05) is 25.1 Å². The molecule has 0 saturated heterocycles. The SMILES string of the molecule is CCCC(=O)c1cccc(C)c1Br. The first kappa shape index (κ1) is 10.5. The number of aryl methyl sites for hydroxylation is 1. The van der Waals surface area contributed by atoms with E-state index in [9.17, 15) is 4.79 Å². The lowest BCUT2D eigenvalue weighted by atomic mass is 10.1. The Morgan fingerprint density at radius 1 is 1.46 bits per heavy atom. The molecule has 0 bridgehead atoms. The first-order valence-electron chi connectivity index (χ1n) is 4.45. The van der Waals surface area contributed by atoms with Crippen LogP contribution in [0.3, 0.4) is 0 Å². The Hall–Kier alpha value is -0.630. The molecular formula is C11H13BrO. The summed E-state index contributed by atoms with van der Waals surface area (Å²) in [5, 5.41) is 0. The molecule has 0 saturated carbocycles. The van der Waals surface area contributed by atoms with Crippen molar-refractivity contribution in [3.63, 3.8) is 0 Å². The molecular weight excluding hydrogens is 228 g/mol. The van der Waals surface area contributed by atoms with E-state index >= 15 is 0 Å². The zero-order valence-electron chi connectivity index (χ0n) is 7.93. The van der Waals surface area contributed by atoms with Crippen molar-refractivity contribution >= 4 is 21.7 Å².